The number of hydrogen-bond acceptors (Lipinski definition) is 0. The molecule has 2 rings (SSSR count). The Balaban J connectivity index is 2.35. The van der Waals surface area contributed by atoms with Crippen molar-refractivity contribution in [2.24, 2.45) is 5.92 Å². The van der Waals surface area contributed by atoms with E-state index in [1.165, 1.54) is 11.1 Å². The summed E-state index contributed by atoms with van der Waals surface area (Å²) in [5.74, 6) is 0.502. The molecule has 0 spiro atoms. The highest BCUT2D eigenvalue weighted by atomic mass is 14.2. The molecule has 0 amide bonds. The smallest absolute Gasteiger partial charge is 0.0210 e. The molecule has 2 aliphatic rings. The monoisotopic (exact) mass is 156 g/mol. The fraction of sp³-hybridized carbons (Fsp3) is 0.167. The number of fused-ring (bicyclic) bond motifs is 1. The zero-order valence-electron chi connectivity index (χ0n) is 7.25. The summed E-state index contributed by atoms with van der Waals surface area (Å²) in [7, 11) is 0. The molecule has 0 radical (unpaired) electrons. The van der Waals surface area contributed by atoms with E-state index < -0.39 is 0 Å². The van der Waals surface area contributed by atoms with Gasteiger partial charge < -0.3 is 0 Å². The van der Waals surface area contributed by atoms with Crippen LogP contribution >= 0.6 is 0 Å². The van der Waals surface area contributed by atoms with Crippen molar-refractivity contribution >= 4 is 0 Å². The molecule has 0 saturated heterocycles. The first-order chi connectivity index (χ1) is 5.77. The van der Waals surface area contributed by atoms with Crippen molar-refractivity contribution in [1.82, 2.24) is 0 Å². The number of hydrogen-bond donors (Lipinski definition) is 0. The van der Waals surface area contributed by atoms with Crippen LogP contribution in [0.5, 0.6) is 0 Å². The second-order valence-electron chi connectivity index (χ2n) is 3.32. The minimum Gasteiger partial charge on any atom is -0.0955 e. The van der Waals surface area contributed by atoms with Gasteiger partial charge in [-0.3, -0.25) is 0 Å². The normalized spacial score (nSPS) is 24.9. The molecule has 0 nitrogen and oxygen atoms in total. The first kappa shape index (κ1) is 7.35. The van der Waals surface area contributed by atoms with Gasteiger partial charge in [0, 0.05) is 5.92 Å². The van der Waals surface area contributed by atoms with E-state index in [1.807, 2.05) is 6.92 Å². The van der Waals surface area contributed by atoms with Crippen LogP contribution < -0.4 is 0 Å². The summed E-state index contributed by atoms with van der Waals surface area (Å²) < 4.78 is 0. The van der Waals surface area contributed by atoms with Gasteiger partial charge in [0.05, 0.1) is 0 Å². The van der Waals surface area contributed by atoms with Crippen LogP contribution in [-0.2, 0) is 0 Å². The Bertz CT molecular complexity index is 335. The van der Waals surface area contributed by atoms with Crippen LogP contribution in [0.3, 0.4) is 0 Å². The van der Waals surface area contributed by atoms with E-state index in [0.717, 1.165) is 5.57 Å². The molecule has 0 heterocycles. The van der Waals surface area contributed by atoms with Crippen molar-refractivity contribution in [1.29, 1.82) is 0 Å². The van der Waals surface area contributed by atoms with Gasteiger partial charge in [-0.05, 0) is 18.1 Å². The Morgan fingerprint density at radius 2 is 2.25 bits per heavy atom. The van der Waals surface area contributed by atoms with Crippen LogP contribution in [-0.4, -0.2) is 0 Å². The highest BCUT2D eigenvalue weighted by Crippen LogP contribution is 2.31. The lowest BCUT2D eigenvalue weighted by atomic mass is 9.98. The van der Waals surface area contributed by atoms with Gasteiger partial charge in [0.25, 0.3) is 0 Å². The molecule has 0 saturated carbocycles. The predicted octanol–water partition coefficient (Wildman–Crippen LogP) is 3.17. The molecule has 1 unspecified atom stereocenters. The quantitative estimate of drug-likeness (QED) is 0.547. The van der Waals surface area contributed by atoms with E-state index in [1.54, 1.807) is 0 Å². The lowest BCUT2D eigenvalue weighted by Crippen LogP contribution is -1.92. The van der Waals surface area contributed by atoms with Crippen molar-refractivity contribution in [2.75, 3.05) is 0 Å². The third kappa shape index (κ3) is 1.10. The maximum atomic E-state index is 3.93. The largest absolute Gasteiger partial charge is 0.0955 e. The van der Waals surface area contributed by atoms with E-state index in [9.17, 15) is 0 Å². The lowest BCUT2D eigenvalue weighted by molar-refractivity contribution is 1.02. The van der Waals surface area contributed by atoms with E-state index in [0.29, 0.717) is 5.92 Å². The molecule has 0 N–H and O–H groups in total. The first-order valence-corrected chi connectivity index (χ1v) is 4.21. The van der Waals surface area contributed by atoms with Crippen LogP contribution in [0.2, 0.25) is 0 Å². The molecular formula is C12H12. The summed E-state index contributed by atoms with van der Waals surface area (Å²) in [5.41, 5.74) is 3.82. The maximum Gasteiger partial charge on any atom is 0.0210 e. The summed E-state index contributed by atoms with van der Waals surface area (Å²) in [4.78, 5) is 0. The minimum absolute atomic E-state index is 0.502. The highest BCUT2D eigenvalue weighted by molar-refractivity contribution is 5.53. The van der Waals surface area contributed by atoms with Gasteiger partial charge in [0.2, 0.25) is 0 Å². The second-order valence-corrected chi connectivity index (χ2v) is 3.32. The molecule has 0 fully saturated rings. The van der Waals surface area contributed by atoms with Crippen molar-refractivity contribution < 1.29 is 0 Å². The van der Waals surface area contributed by atoms with Gasteiger partial charge in [-0.1, -0.05) is 48.6 Å². The van der Waals surface area contributed by atoms with Gasteiger partial charge in [0.15, 0.2) is 0 Å². The van der Waals surface area contributed by atoms with Gasteiger partial charge in [-0.2, -0.15) is 0 Å². The van der Waals surface area contributed by atoms with Crippen molar-refractivity contribution in [2.45, 2.75) is 6.92 Å². The predicted molar refractivity (Wildman–Crippen MR) is 52.8 cm³/mol. The molecule has 0 aromatic heterocycles. The molecule has 1 atom stereocenters. The third-order valence-electron chi connectivity index (χ3n) is 2.28. The molecule has 0 bridgehead atoms. The van der Waals surface area contributed by atoms with Crippen molar-refractivity contribution in [3.8, 4) is 0 Å². The molecule has 60 valence electrons. The standard InChI is InChI=1S/C12H12/c1-9(2)12-7-10-5-3-4-6-11(10)8-12/h3-8,10H,1H2,2H3. The zero-order chi connectivity index (χ0) is 8.55. The molecule has 0 heteroatoms. The molecule has 0 aliphatic heterocycles. The summed E-state index contributed by atoms with van der Waals surface area (Å²) >= 11 is 0. The zero-order valence-corrected chi connectivity index (χ0v) is 7.25. The molecule has 2 aliphatic carbocycles. The fourth-order valence-electron chi connectivity index (χ4n) is 1.56. The Kier molecular flexibility index (Phi) is 1.61. The van der Waals surface area contributed by atoms with E-state index in [-0.39, 0.29) is 0 Å². The van der Waals surface area contributed by atoms with Gasteiger partial charge in [0.1, 0.15) is 0 Å². The average Bonchev–Trinajstić information content (AvgIpc) is 2.46. The maximum absolute atomic E-state index is 3.93. The van der Waals surface area contributed by atoms with Crippen LogP contribution in [0.15, 0.2) is 59.8 Å². The van der Waals surface area contributed by atoms with Crippen LogP contribution in [0, 0.1) is 5.92 Å². The summed E-state index contributed by atoms with van der Waals surface area (Å²) in [6.07, 6.45) is 13.0. The summed E-state index contributed by atoms with van der Waals surface area (Å²) in [5, 5.41) is 0. The van der Waals surface area contributed by atoms with Gasteiger partial charge in [-0.15, -0.1) is 0 Å². The fourth-order valence-corrected chi connectivity index (χ4v) is 1.56. The average molecular weight is 156 g/mol. The van der Waals surface area contributed by atoms with E-state index in [4.69, 9.17) is 0 Å². The Morgan fingerprint density at radius 1 is 1.42 bits per heavy atom. The topological polar surface area (TPSA) is 0 Å². The number of allylic oxidation sites excluding steroid dienone is 9. The van der Waals surface area contributed by atoms with Gasteiger partial charge >= 0.3 is 0 Å². The number of rotatable bonds is 1. The SMILES string of the molecule is C=C(C)C1=CC2C=CC=CC2=C1. The van der Waals surface area contributed by atoms with Gasteiger partial charge in [-0.25, -0.2) is 0 Å². The summed E-state index contributed by atoms with van der Waals surface area (Å²) in [6.45, 7) is 5.98. The van der Waals surface area contributed by atoms with Crippen molar-refractivity contribution in [3.63, 3.8) is 0 Å². The molecule has 0 aromatic rings. The van der Waals surface area contributed by atoms with Crippen LogP contribution in [0.1, 0.15) is 6.92 Å². The first-order valence-electron chi connectivity index (χ1n) is 4.21. The molecular weight excluding hydrogens is 144 g/mol. The second kappa shape index (κ2) is 2.63. The lowest BCUT2D eigenvalue weighted by Gasteiger charge is -2.06. The third-order valence-corrected chi connectivity index (χ3v) is 2.28. The minimum atomic E-state index is 0.502. The Labute approximate surface area is 73.3 Å². The van der Waals surface area contributed by atoms with Crippen LogP contribution in [0.4, 0.5) is 0 Å². The van der Waals surface area contributed by atoms with E-state index in [2.05, 4.69) is 43.0 Å². The molecule has 12 heavy (non-hydrogen) atoms. The molecule has 0 aromatic carbocycles. The van der Waals surface area contributed by atoms with Crippen LogP contribution in [0.25, 0.3) is 0 Å². The summed E-state index contributed by atoms with van der Waals surface area (Å²) in [6, 6.07) is 0. The van der Waals surface area contributed by atoms with Crippen molar-refractivity contribution in [3.05, 3.63) is 59.8 Å². The Morgan fingerprint density at radius 3 is 2.92 bits per heavy atom. The Hall–Kier alpha value is -1.30. The van der Waals surface area contributed by atoms with E-state index >= 15 is 0 Å². The highest BCUT2D eigenvalue weighted by Gasteiger charge is 2.15.